The number of nitrogens with zero attached hydrogens (tertiary/aromatic N) is 2. The molecule has 4 rings (SSSR count). The number of thiophene rings is 1. The molecule has 8 heteroatoms. The van der Waals surface area contributed by atoms with Crippen LogP contribution in [0, 0.1) is 0 Å². The van der Waals surface area contributed by atoms with Gasteiger partial charge in [-0.2, -0.15) is 10.2 Å². The Morgan fingerprint density at radius 1 is 1.13 bits per heavy atom. The zero-order valence-electron chi connectivity index (χ0n) is 12.0. The van der Waals surface area contributed by atoms with Crippen molar-refractivity contribution in [3.8, 4) is 0 Å². The lowest BCUT2D eigenvalue weighted by atomic mass is 10.0. The van der Waals surface area contributed by atoms with Crippen LogP contribution in [0.5, 0.6) is 0 Å². The van der Waals surface area contributed by atoms with Crippen molar-refractivity contribution >= 4 is 34.5 Å². The van der Waals surface area contributed by atoms with Gasteiger partial charge in [0.2, 0.25) is 5.66 Å². The maximum absolute atomic E-state index is 12.6. The molecule has 1 atom stereocenters. The molecule has 2 aliphatic rings. The van der Waals surface area contributed by atoms with Crippen LogP contribution in [0.3, 0.4) is 0 Å². The topological polar surface area (TPSA) is 104 Å². The number of carbonyl (C=O) groups excluding carboxylic acids is 1. The van der Waals surface area contributed by atoms with Crippen molar-refractivity contribution in [1.29, 1.82) is 0 Å². The first-order valence-electron chi connectivity index (χ1n) is 7.07. The summed E-state index contributed by atoms with van der Waals surface area (Å²) < 4.78 is 0. The van der Waals surface area contributed by atoms with Gasteiger partial charge in [-0.05, 0) is 23.6 Å². The molecule has 3 heterocycles. The van der Waals surface area contributed by atoms with E-state index in [2.05, 4.69) is 26.4 Å². The zero-order valence-corrected chi connectivity index (χ0v) is 12.9. The van der Waals surface area contributed by atoms with E-state index in [9.17, 15) is 4.79 Å². The van der Waals surface area contributed by atoms with Crippen molar-refractivity contribution in [3.05, 3.63) is 52.2 Å². The minimum absolute atomic E-state index is 0.235. The Hall–Kier alpha value is -2.87. The van der Waals surface area contributed by atoms with E-state index in [-0.39, 0.29) is 5.91 Å². The highest BCUT2D eigenvalue weighted by Crippen LogP contribution is 2.24. The average molecular weight is 326 g/mol. The quantitative estimate of drug-likeness (QED) is 0.613. The molecule has 0 bridgehead atoms. The van der Waals surface area contributed by atoms with E-state index in [0.717, 1.165) is 10.6 Å². The zero-order chi connectivity index (χ0) is 15.9. The monoisotopic (exact) mass is 326 g/mol. The summed E-state index contributed by atoms with van der Waals surface area (Å²) in [5.74, 6) is 0.172. The minimum atomic E-state index is -1.05. The predicted octanol–water partition coefficient (Wildman–Crippen LogP) is 0.805. The molecule has 116 valence electrons. The van der Waals surface area contributed by atoms with Crippen LogP contribution in [0.15, 0.2) is 52.0 Å². The number of nitrogens with two attached hydrogens (primary N) is 1. The molecule has 1 aromatic heterocycles. The number of nitrogen functional groups attached to an aromatic ring is 1. The van der Waals surface area contributed by atoms with E-state index in [1.54, 1.807) is 17.4 Å². The molecule has 23 heavy (non-hydrogen) atoms. The molecular formula is C15H14N6OS. The highest BCUT2D eigenvalue weighted by atomic mass is 32.1. The summed E-state index contributed by atoms with van der Waals surface area (Å²) >= 11 is 1.59. The van der Waals surface area contributed by atoms with Gasteiger partial charge in [0, 0.05) is 17.7 Å². The Morgan fingerprint density at radius 2 is 1.96 bits per heavy atom. The summed E-state index contributed by atoms with van der Waals surface area (Å²) in [6.07, 6.45) is 0.417. The van der Waals surface area contributed by atoms with Crippen LogP contribution in [0.4, 0.5) is 5.69 Å². The fourth-order valence-electron chi connectivity index (χ4n) is 2.56. The fraction of sp³-hybridized carbons (Fsp3) is 0.133. The Bertz CT molecular complexity index is 828. The molecule has 0 unspecified atom stereocenters. The molecular weight excluding hydrogens is 312 g/mol. The number of nitrogens with one attached hydrogen (secondary N) is 3. The maximum atomic E-state index is 12.6. The Balaban J connectivity index is 1.59. The number of amidine groups is 1. The van der Waals surface area contributed by atoms with Crippen LogP contribution in [0.1, 0.15) is 16.9 Å². The number of hydrogen-bond acceptors (Lipinski definition) is 7. The molecule has 0 fully saturated rings. The molecule has 0 saturated carbocycles. The Morgan fingerprint density at radius 3 is 2.70 bits per heavy atom. The molecule has 5 N–H and O–H groups in total. The lowest BCUT2D eigenvalue weighted by Crippen LogP contribution is -2.65. The van der Waals surface area contributed by atoms with Gasteiger partial charge in [0.15, 0.2) is 5.84 Å². The lowest BCUT2D eigenvalue weighted by molar-refractivity contribution is -0.127. The number of amides is 1. The van der Waals surface area contributed by atoms with Gasteiger partial charge in [-0.1, -0.05) is 18.2 Å². The van der Waals surface area contributed by atoms with Gasteiger partial charge >= 0.3 is 0 Å². The second-order valence-electron chi connectivity index (χ2n) is 5.34. The summed E-state index contributed by atoms with van der Waals surface area (Å²) in [5, 5.41) is 13.4. The molecule has 1 spiro atoms. The van der Waals surface area contributed by atoms with Crippen molar-refractivity contribution in [2.75, 3.05) is 5.73 Å². The number of anilines is 1. The van der Waals surface area contributed by atoms with Crippen molar-refractivity contribution in [2.45, 2.75) is 12.1 Å². The smallest absolute Gasteiger partial charge is 0.275 e. The van der Waals surface area contributed by atoms with Gasteiger partial charge in [0.05, 0.1) is 10.6 Å². The first-order chi connectivity index (χ1) is 11.2. The molecule has 2 aliphatic heterocycles. The van der Waals surface area contributed by atoms with E-state index in [1.165, 1.54) is 0 Å². The van der Waals surface area contributed by atoms with Crippen LogP contribution in [-0.4, -0.2) is 23.1 Å². The Labute approximate surface area is 136 Å². The summed E-state index contributed by atoms with van der Waals surface area (Å²) in [5.41, 5.74) is 12.7. The first kappa shape index (κ1) is 13.8. The summed E-state index contributed by atoms with van der Waals surface area (Å²) in [6, 6.07) is 11.2. The summed E-state index contributed by atoms with van der Waals surface area (Å²) in [6.45, 7) is 0. The highest BCUT2D eigenvalue weighted by Gasteiger charge is 2.46. The van der Waals surface area contributed by atoms with E-state index in [0.29, 0.717) is 23.5 Å². The van der Waals surface area contributed by atoms with Gasteiger partial charge in [-0.3, -0.25) is 15.6 Å². The average Bonchev–Trinajstić information content (AvgIpc) is 3.21. The van der Waals surface area contributed by atoms with Crippen molar-refractivity contribution in [2.24, 2.45) is 10.2 Å². The minimum Gasteiger partial charge on any atom is -0.398 e. The number of hydrogen-bond donors (Lipinski definition) is 4. The third-order valence-electron chi connectivity index (χ3n) is 3.81. The molecule has 0 radical (unpaired) electrons. The van der Waals surface area contributed by atoms with Gasteiger partial charge in [-0.15, -0.1) is 11.3 Å². The highest BCUT2D eigenvalue weighted by molar-refractivity contribution is 7.12. The maximum Gasteiger partial charge on any atom is 0.275 e. The fourth-order valence-corrected chi connectivity index (χ4v) is 3.27. The molecule has 1 aromatic carbocycles. The van der Waals surface area contributed by atoms with Gasteiger partial charge in [0.1, 0.15) is 0 Å². The van der Waals surface area contributed by atoms with E-state index in [1.807, 2.05) is 35.7 Å². The normalized spacial score (nSPS) is 22.9. The number of hydrazone groups is 2. The standard InChI is InChI=1S/C15H14N6OS/c16-10-5-2-1-4-9(10)13-17-14(22)15(21-19-13)8-11(18-20-15)12-6-3-7-23-12/h1-7,20-21H,8,16H2,(H,17,19,22)/t15-/m0/s1. The van der Waals surface area contributed by atoms with E-state index < -0.39 is 5.66 Å². The molecule has 1 amide bonds. The van der Waals surface area contributed by atoms with Crippen molar-refractivity contribution in [1.82, 2.24) is 16.2 Å². The molecule has 2 aromatic rings. The molecule has 0 saturated heterocycles. The SMILES string of the molecule is Nc1ccccc1C1=NN[C@@]2(CC(c3cccs3)=NN2)C(=O)N1. The van der Waals surface area contributed by atoms with E-state index >= 15 is 0 Å². The van der Waals surface area contributed by atoms with Crippen LogP contribution in [0.2, 0.25) is 0 Å². The first-order valence-corrected chi connectivity index (χ1v) is 7.95. The second-order valence-corrected chi connectivity index (χ2v) is 6.29. The number of benzene rings is 1. The summed E-state index contributed by atoms with van der Waals surface area (Å²) in [7, 11) is 0. The van der Waals surface area contributed by atoms with Crippen molar-refractivity contribution in [3.63, 3.8) is 0 Å². The van der Waals surface area contributed by atoms with E-state index in [4.69, 9.17) is 5.73 Å². The van der Waals surface area contributed by atoms with Crippen molar-refractivity contribution < 1.29 is 4.79 Å². The van der Waals surface area contributed by atoms with Gasteiger partial charge in [0.25, 0.3) is 5.91 Å². The number of carbonyl (C=O) groups is 1. The molecule has 7 nitrogen and oxygen atoms in total. The third-order valence-corrected chi connectivity index (χ3v) is 4.73. The van der Waals surface area contributed by atoms with Crippen LogP contribution in [-0.2, 0) is 4.79 Å². The predicted molar refractivity (Wildman–Crippen MR) is 90.0 cm³/mol. The largest absolute Gasteiger partial charge is 0.398 e. The Kier molecular flexibility index (Phi) is 3.05. The molecule has 0 aliphatic carbocycles. The lowest BCUT2D eigenvalue weighted by Gasteiger charge is -2.31. The second kappa shape index (κ2) is 5.10. The van der Waals surface area contributed by atoms with Gasteiger partial charge in [-0.25, -0.2) is 0 Å². The van der Waals surface area contributed by atoms with Crippen LogP contribution in [0.25, 0.3) is 0 Å². The number of rotatable bonds is 2. The summed E-state index contributed by atoms with van der Waals surface area (Å²) in [4.78, 5) is 13.6. The van der Waals surface area contributed by atoms with Crippen LogP contribution < -0.4 is 21.9 Å². The third kappa shape index (κ3) is 2.23. The van der Waals surface area contributed by atoms with Gasteiger partial charge < -0.3 is 11.1 Å². The number of para-hydroxylation sites is 1. The van der Waals surface area contributed by atoms with Crippen LogP contribution >= 0.6 is 11.3 Å².